The van der Waals surface area contributed by atoms with Crippen molar-refractivity contribution in [2.75, 3.05) is 25.0 Å². The number of benzene rings is 1. The lowest BCUT2D eigenvalue weighted by atomic mass is 9.98. The van der Waals surface area contributed by atoms with E-state index in [1.54, 1.807) is 24.3 Å². The average Bonchev–Trinajstić information content (AvgIpc) is 3.13. The highest BCUT2D eigenvalue weighted by Crippen LogP contribution is 2.21. The smallest absolute Gasteiger partial charge is 0.294 e. The molecule has 2 aliphatic heterocycles. The molecule has 2 amide bonds. The summed E-state index contributed by atoms with van der Waals surface area (Å²) >= 11 is 0. The van der Waals surface area contributed by atoms with E-state index in [4.69, 9.17) is 4.52 Å². The molecular formula is C20H24N4O3. The van der Waals surface area contributed by atoms with Crippen LogP contribution >= 0.6 is 0 Å². The Balaban J connectivity index is 1.41. The van der Waals surface area contributed by atoms with Crippen LogP contribution in [0.2, 0.25) is 0 Å². The maximum absolute atomic E-state index is 12.6. The first kappa shape index (κ1) is 17.7. The van der Waals surface area contributed by atoms with Gasteiger partial charge in [-0.05, 0) is 43.0 Å². The lowest BCUT2D eigenvalue weighted by Crippen LogP contribution is -2.37. The van der Waals surface area contributed by atoms with Crippen LogP contribution in [-0.2, 0) is 13.0 Å². The SMILES string of the molecule is CC1CCN(C(=O)c2ccc(NC(=O)c3onc4c3CNCC4)cc2)CC1. The van der Waals surface area contributed by atoms with Crippen LogP contribution in [0, 0.1) is 5.92 Å². The average molecular weight is 368 g/mol. The summed E-state index contributed by atoms with van der Waals surface area (Å²) in [5.41, 5.74) is 2.93. The molecule has 4 rings (SSSR count). The van der Waals surface area contributed by atoms with Crippen molar-refractivity contribution in [2.45, 2.75) is 32.7 Å². The number of piperidine rings is 1. The van der Waals surface area contributed by atoms with Gasteiger partial charge >= 0.3 is 0 Å². The number of nitrogens with zero attached hydrogens (tertiary/aromatic N) is 2. The van der Waals surface area contributed by atoms with Gasteiger partial charge in [0.15, 0.2) is 0 Å². The Labute approximate surface area is 158 Å². The molecular weight excluding hydrogens is 344 g/mol. The van der Waals surface area contributed by atoms with Gasteiger partial charge in [-0.3, -0.25) is 9.59 Å². The van der Waals surface area contributed by atoms with Crippen molar-refractivity contribution in [2.24, 2.45) is 5.92 Å². The van der Waals surface area contributed by atoms with Crippen molar-refractivity contribution in [1.29, 1.82) is 0 Å². The summed E-state index contributed by atoms with van der Waals surface area (Å²) in [6.07, 6.45) is 2.87. The predicted molar refractivity (Wildman–Crippen MR) is 101 cm³/mol. The summed E-state index contributed by atoms with van der Waals surface area (Å²) in [6, 6.07) is 7.01. The molecule has 2 aromatic rings. The molecule has 1 fully saturated rings. The number of aromatic nitrogens is 1. The molecule has 0 unspecified atom stereocenters. The molecule has 0 radical (unpaired) electrons. The van der Waals surface area contributed by atoms with Crippen LogP contribution in [0.1, 0.15) is 51.9 Å². The van der Waals surface area contributed by atoms with E-state index in [1.807, 2.05) is 4.90 Å². The fourth-order valence-electron chi connectivity index (χ4n) is 3.60. The Kier molecular flexibility index (Phi) is 4.94. The van der Waals surface area contributed by atoms with Gasteiger partial charge in [0.2, 0.25) is 5.76 Å². The van der Waals surface area contributed by atoms with Crippen LogP contribution in [0.3, 0.4) is 0 Å². The van der Waals surface area contributed by atoms with E-state index in [9.17, 15) is 9.59 Å². The lowest BCUT2D eigenvalue weighted by molar-refractivity contribution is 0.0697. The molecule has 0 aliphatic carbocycles. The molecule has 142 valence electrons. The Morgan fingerprint density at radius 3 is 2.70 bits per heavy atom. The normalized spacial score (nSPS) is 17.4. The second-order valence-corrected chi connectivity index (χ2v) is 7.37. The van der Waals surface area contributed by atoms with E-state index in [1.165, 1.54) is 0 Å². The summed E-state index contributed by atoms with van der Waals surface area (Å²) in [4.78, 5) is 27.0. The summed E-state index contributed by atoms with van der Waals surface area (Å²) in [6.45, 7) is 5.27. The fraction of sp³-hybridized carbons (Fsp3) is 0.450. The fourth-order valence-corrected chi connectivity index (χ4v) is 3.60. The van der Waals surface area contributed by atoms with Crippen LogP contribution < -0.4 is 10.6 Å². The van der Waals surface area contributed by atoms with Crippen molar-refractivity contribution in [3.05, 3.63) is 46.8 Å². The van der Waals surface area contributed by atoms with Crippen molar-refractivity contribution >= 4 is 17.5 Å². The Morgan fingerprint density at radius 2 is 1.96 bits per heavy atom. The van der Waals surface area contributed by atoms with Gasteiger partial charge in [0, 0.05) is 49.4 Å². The zero-order chi connectivity index (χ0) is 18.8. The Bertz CT molecular complexity index is 835. The zero-order valence-corrected chi connectivity index (χ0v) is 15.5. The molecule has 3 heterocycles. The minimum atomic E-state index is -0.323. The van der Waals surface area contributed by atoms with Crippen LogP contribution in [-0.4, -0.2) is 41.5 Å². The highest BCUT2D eigenvalue weighted by Gasteiger charge is 2.24. The van der Waals surface area contributed by atoms with E-state index >= 15 is 0 Å². The molecule has 1 aromatic heterocycles. The highest BCUT2D eigenvalue weighted by atomic mass is 16.5. The maximum atomic E-state index is 12.6. The van der Waals surface area contributed by atoms with Crippen LogP contribution in [0.25, 0.3) is 0 Å². The molecule has 2 N–H and O–H groups in total. The minimum Gasteiger partial charge on any atom is -0.350 e. The summed E-state index contributed by atoms with van der Waals surface area (Å²) in [5.74, 6) is 0.662. The van der Waals surface area contributed by atoms with Gasteiger partial charge in [-0.1, -0.05) is 12.1 Å². The summed E-state index contributed by atoms with van der Waals surface area (Å²) in [5, 5.41) is 10.0. The Hall–Kier alpha value is -2.67. The number of fused-ring (bicyclic) bond motifs is 1. The molecule has 0 saturated carbocycles. The molecule has 2 aliphatic rings. The predicted octanol–water partition coefficient (Wildman–Crippen LogP) is 2.44. The van der Waals surface area contributed by atoms with E-state index in [-0.39, 0.29) is 17.6 Å². The van der Waals surface area contributed by atoms with Gasteiger partial charge < -0.3 is 20.1 Å². The van der Waals surface area contributed by atoms with Crippen molar-refractivity contribution < 1.29 is 14.1 Å². The molecule has 0 bridgehead atoms. The van der Waals surface area contributed by atoms with Crippen LogP contribution in [0.4, 0.5) is 5.69 Å². The molecule has 0 spiro atoms. The van der Waals surface area contributed by atoms with Gasteiger partial charge in [0.25, 0.3) is 11.8 Å². The van der Waals surface area contributed by atoms with Gasteiger partial charge in [-0.15, -0.1) is 0 Å². The van der Waals surface area contributed by atoms with Crippen LogP contribution in [0.15, 0.2) is 28.8 Å². The third-order valence-electron chi connectivity index (χ3n) is 5.38. The van der Waals surface area contributed by atoms with E-state index < -0.39 is 0 Å². The molecule has 1 aromatic carbocycles. The van der Waals surface area contributed by atoms with Crippen molar-refractivity contribution in [3.63, 3.8) is 0 Å². The topological polar surface area (TPSA) is 87.5 Å². The Morgan fingerprint density at radius 1 is 1.22 bits per heavy atom. The first-order valence-corrected chi connectivity index (χ1v) is 9.50. The number of likely N-dealkylation sites (tertiary alicyclic amines) is 1. The molecule has 0 atom stereocenters. The quantitative estimate of drug-likeness (QED) is 0.869. The van der Waals surface area contributed by atoms with E-state index in [0.29, 0.717) is 23.7 Å². The number of anilines is 1. The first-order chi connectivity index (χ1) is 13.1. The van der Waals surface area contributed by atoms with Gasteiger partial charge in [0.05, 0.1) is 5.69 Å². The molecule has 7 nitrogen and oxygen atoms in total. The zero-order valence-electron chi connectivity index (χ0n) is 15.5. The first-order valence-electron chi connectivity index (χ1n) is 9.50. The van der Waals surface area contributed by atoms with Gasteiger partial charge in [-0.25, -0.2) is 0 Å². The minimum absolute atomic E-state index is 0.0511. The third-order valence-corrected chi connectivity index (χ3v) is 5.38. The second kappa shape index (κ2) is 7.52. The number of hydrogen-bond donors (Lipinski definition) is 2. The van der Waals surface area contributed by atoms with Crippen molar-refractivity contribution in [3.8, 4) is 0 Å². The molecule has 7 heteroatoms. The van der Waals surface area contributed by atoms with Crippen molar-refractivity contribution in [1.82, 2.24) is 15.4 Å². The number of carbonyl (C=O) groups excluding carboxylic acids is 2. The van der Waals surface area contributed by atoms with Crippen LogP contribution in [0.5, 0.6) is 0 Å². The largest absolute Gasteiger partial charge is 0.350 e. The summed E-state index contributed by atoms with van der Waals surface area (Å²) in [7, 11) is 0. The maximum Gasteiger partial charge on any atom is 0.294 e. The summed E-state index contributed by atoms with van der Waals surface area (Å²) < 4.78 is 5.24. The van der Waals surface area contributed by atoms with Gasteiger partial charge in [0.1, 0.15) is 0 Å². The second-order valence-electron chi connectivity index (χ2n) is 7.37. The van der Waals surface area contributed by atoms with E-state index in [2.05, 4.69) is 22.7 Å². The standard InChI is InChI=1S/C20H24N4O3/c1-13-7-10-24(11-8-13)20(26)14-2-4-15(5-3-14)22-19(25)18-16-12-21-9-6-17(16)23-27-18/h2-5,13,21H,6-12H2,1H3,(H,22,25). The van der Waals surface area contributed by atoms with E-state index in [0.717, 1.165) is 50.2 Å². The number of carbonyl (C=O) groups is 2. The monoisotopic (exact) mass is 368 g/mol. The van der Waals surface area contributed by atoms with Gasteiger partial charge in [-0.2, -0.15) is 0 Å². The molecule has 1 saturated heterocycles. The highest BCUT2D eigenvalue weighted by molar-refractivity contribution is 6.03. The number of hydrogen-bond acceptors (Lipinski definition) is 5. The number of rotatable bonds is 3. The third kappa shape index (κ3) is 3.73. The number of amides is 2. The number of nitrogens with one attached hydrogen (secondary N) is 2. The lowest BCUT2D eigenvalue weighted by Gasteiger charge is -2.30. The molecule has 27 heavy (non-hydrogen) atoms.